The summed E-state index contributed by atoms with van der Waals surface area (Å²) in [6.07, 6.45) is -4.57. The van der Waals surface area contributed by atoms with E-state index < -0.39 is 17.8 Å². The van der Waals surface area contributed by atoms with Gasteiger partial charge in [-0.05, 0) is 18.1 Å². The Morgan fingerprint density at radius 2 is 2.00 bits per heavy atom. The summed E-state index contributed by atoms with van der Waals surface area (Å²) in [5, 5.41) is 5.51. The second kappa shape index (κ2) is 8.74. The summed E-state index contributed by atoms with van der Waals surface area (Å²) in [7, 11) is 0. The van der Waals surface area contributed by atoms with E-state index >= 15 is 0 Å². The zero-order chi connectivity index (χ0) is 20.1. The Balaban J connectivity index is 1.76. The predicted octanol–water partition coefficient (Wildman–Crippen LogP) is 2.71. The highest BCUT2D eigenvalue weighted by Gasteiger charge is 2.34. The summed E-state index contributed by atoms with van der Waals surface area (Å²) in [5.74, 6) is -0.525. The highest BCUT2D eigenvalue weighted by atomic mass is 19.4. The van der Waals surface area contributed by atoms with E-state index in [0.717, 1.165) is 30.3 Å². The van der Waals surface area contributed by atoms with Gasteiger partial charge in [0.05, 0.1) is 13.2 Å². The number of hydrogen-bond donors (Lipinski definition) is 1. The average molecular weight is 396 g/mol. The van der Waals surface area contributed by atoms with Crippen LogP contribution in [0.2, 0.25) is 0 Å². The summed E-state index contributed by atoms with van der Waals surface area (Å²) in [4.78, 5) is 16.6. The van der Waals surface area contributed by atoms with E-state index in [2.05, 4.69) is 10.00 Å². The van der Waals surface area contributed by atoms with Crippen molar-refractivity contribution in [1.82, 2.24) is 20.0 Å². The molecule has 1 amide bonds. The molecular formula is C19H23F3N4O2. The molecule has 1 aromatic heterocycles. The van der Waals surface area contributed by atoms with Gasteiger partial charge in [0.15, 0.2) is 5.69 Å². The fourth-order valence-corrected chi connectivity index (χ4v) is 3.07. The Bertz CT molecular complexity index is 800. The lowest BCUT2D eigenvalue weighted by Crippen LogP contribution is -2.43. The number of halogens is 3. The first-order valence-corrected chi connectivity index (χ1v) is 9.11. The number of aryl methyl sites for hydroxylation is 1. The molecule has 2 aromatic rings. The van der Waals surface area contributed by atoms with E-state index in [-0.39, 0.29) is 5.69 Å². The Labute approximate surface area is 161 Å². The van der Waals surface area contributed by atoms with Gasteiger partial charge in [-0.2, -0.15) is 18.3 Å². The van der Waals surface area contributed by atoms with Crippen LogP contribution in [0.15, 0.2) is 30.3 Å². The first-order valence-electron chi connectivity index (χ1n) is 9.11. The van der Waals surface area contributed by atoms with Crippen molar-refractivity contribution in [3.05, 3.63) is 52.8 Å². The molecule has 1 saturated heterocycles. The number of H-pyrrole nitrogens is 1. The first-order chi connectivity index (χ1) is 13.3. The number of aromatic nitrogens is 2. The number of rotatable bonds is 6. The third kappa shape index (κ3) is 5.11. The summed E-state index contributed by atoms with van der Waals surface area (Å²) in [6.45, 7) is 6.08. The second-order valence-electron chi connectivity index (χ2n) is 6.77. The maximum atomic E-state index is 12.9. The normalized spacial score (nSPS) is 15.6. The van der Waals surface area contributed by atoms with E-state index in [4.69, 9.17) is 4.74 Å². The third-order valence-corrected chi connectivity index (χ3v) is 4.80. The van der Waals surface area contributed by atoms with Crippen LogP contribution in [-0.4, -0.2) is 65.3 Å². The lowest BCUT2D eigenvalue weighted by atomic mass is 10.1. The molecule has 1 aromatic carbocycles. The van der Waals surface area contributed by atoms with Crippen LogP contribution in [0.1, 0.15) is 27.3 Å². The summed E-state index contributed by atoms with van der Waals surface area (Å²) in [6, 6.07) is 8.40. The smallest absolute Gasteiger partial charge is 0.379 e. The van der Waals surface area contributed by atoms with Crippen molar-refractivity contribution in [2.24, 2.45) is 0 Å². The molecule has 28 heavy (non-hydrogen) atoms. The van der Waals surface area contributed by atoms with Gasteiger partial charge >= 0.3 is 6.18 Å². The molecule has 2 heterocycles. The maximum Gasteiger partial charge on any atom is 0.432 e. The molecule has 1 aliphatic heterocycles. The minimum Gasteiger partial charge on any atom is -0.379 e. The average Bonchev–Trinajstić information content (AvgIpc) is 3.17. The van der Waals surface area contributed by atoms with Crippen LogP contribution in [-0.2, 0) is 17.5 Å². The van der Waals surface area contributed by atoms with Gasteiger partial charge in [0, 0.05) is 38.8 Å². The summed E-state index contributed by atoms with van der Waals surface area (Å²) in [5.41, 5.74) is 0.705. The highest BCUT2D eigenvalue weighted by molar-refractivity contribution is 5.92. The quantitative estimate of drug-likeness (QED) is 0.816. The van der Waals surface area contributed by atoms with Crippen molar-refractivity contribution in [1.29, 1.82) is 0 Å². The minimum absolute atomic E-state index is 0.233. The molecule has 0 bridgehead atoms. The van der Waals surface area contributed by atoms with Gasteiger partial charge < -0.3 is 9.64 Å². The van der Waals surface area contributed by atoms with Crippen molar-refractivity contribution < 1.29 is 22.7 Å². The molecular weight excluding hydrogens is 373 g/mol. The fourth-order valence-electron chi connectivity index (χ4n) is 3.07. The number of nitrogens with one attached hydrogen (secondary N) is 1. The van der Waals surface area contributed by atoms with Crippen LogP contribution in [0.25, 0.3) is 0 Å². The number of benzene rings is 1. The molecule has 0 unspecified atom stereocenters. The van der Waals surface area contributed by atoms with Gasteiger partial charge in [0.1, 0.15) is 5.69 Å². The molecule has 3 rings (SSSR count). The maximum absolute atomic E-state index is 12.9. The second-order valence-corrected chi connectivity index (χ2v) is 6.77. The Kier molecular flexibility index (Phi) is 6.35. The number of carbonyl (C=O) groups is 1. The molecule has 0 saturated carbocycles. The van der Waals surface area contributed by atoms with E-state index in [1.54, 1.807) is 4.90 Å². The van der Waals surface area contributed by atoms with Crippen LogP contribution < -0.4 is 0 Å². The SMILES string of the molecule is Cc1ccccc1CN(CCN1CCOCC1)C(=O)c1cc(C(F)(F)F)[nH]n1. The summed E-state index contributed by atoms with van der Waals surface area (Å²) < 4.78 is 43.9. The molecule has 0 radical (unpaired) electrons. The first kappa shape index (κ1) is 20.3. The molecule has 0 atom stereocenters. The number of aromatic amines is 1. The molecule has 0 spiro atoms. The molecule has 1 aliphatic rings. The van der Waals surface area contributed by atoms with Crippen molar-refractivity contribution in [2.75, 3.05) is 39.4 Å². The topological polar surface area (TPSA) is 61.5 Å². The minimum atomic E-state index is -4.57. The van der Waals surface area contributed by atoms with Gasteiger partial charge in [0.2, 0.25) is 0 Å². The number of amides is 1. The van der Waals surface area contributed by atoms with Crippen LogP contribution in [0, 0.1) is 6.92 Å². The third-order valence-electron chi connectivity index (χ3n) is 4.80. The molecule has 152 valence electrons. The number of morpholine rings is 1. The van der Waals surface area contributed by atoms with Crippen LogP contribution in [0.4, 0.5) is 13.2 Å². The zero-order valence-corrected chi connectivity index (χ0v) is 15.6. The van der Waals surface area contributed by atoms with Gasteiger partial charge in [-0.25, -0.2) is 0 Å². The number of nitrogens with zero attached hydrogens (tertiary/aromatic N) is 3. The standard InChI is InChI=1S/C19H23F3N4O2/c1-14-4-2-3-5-15(14)13-26(7-6-25-8-10-28-11-9-25)18(27)16-12-17(24-23-16)19(20,21)22/h2-5,12H,6-11,13H2,1H3,(H,23,24). The van der Waals surface area contributed by atoms with Gasteiger partial charge in [0.25, 0.3) is 5.91 Å². The lowest BCUT2D eigenvalue weighted by molar-refractivity contribution is -0.141. The van der Waals surface area contributed by atoms with E-state index in [1.165, 1.54) is 0 Å². The Morgan fingerprint density at radius 1 is 1.29 bits per heavy atom. The predicted molar refractivity (Wildman–Crippen MR) is 96.8 cm³/mol. The van der Waals surface area contributed by atoms with Gasteiger partial charge in [-0.1, -0.05) is 24.3 Å². The van der Waals surface area contributed by atoms with Crippen molar-refractivity contribution in [2.45, 2.75) is 19.6 Å². The number of alkyl halides is 3. The van der Waals surface area contributed by atoms with E-state index in [0.29, 0.717) is 32.8 Å². The van der Waals surface area contributed by atoms with Gasteiger partial charge in [-0.15, -0.1) is 0 Å². The number of ether oxygens (including phenoxy) is 1. The fraction of sp³-hybridized carbons (Fsp3) is 0.474. The van der Waals surface area contributed by atoms with Crippen LogP contribution in [0.5, 0.6) is 0 Å². The zero-order valence-electron chi connectivity index (χ0n) is 15.6. The Hall–Kier alpha value is -2.39. The molecule has 1 fully saturated rings. The van der Waals surface area contributed by atoms with E-state index in [1.807, 2.05) is 36.3 Å². The molecule has 6 nitrogen and oxygen atoms in total. The summed E-state index contributed by atoms with van der Waals surface area (Å²) >= 11 is 0. The molecule has 1 N–H and O–H groups in total. The van der Waals surface area contributed by atoms with E-state index in [9.17, 15) is 18.0 Å². The molecule has 9 heteroatoms. The Morgan fingerprint density at radius 3 is 2.64 bits per heavy atom. The number of hydrogen-bond acceptors (Lipinski definition) is 4. The number of carbonyl (C=O) groups excluding carboxylic acids is 1. The van der Waals surface area contributed by atoms with Crippen molar-refractivity contribution >= 4 is 5.91 Å². The lowest BCUT2D eigenvalue weighted by Gasteiger charge is -2.30. The van der Waals surface area contributed by atoms with Crippen LogP contribution >= 0.6 is 0 Å². The van der Waals surface area contributed by atoms with Crippen molar-refractivity contribution in [3.8, 4) is 0 Å². The van der Waals surface area contributed by atoms with Crippen LogP contribution in [0.3, 0.4) is 0 Å². The van der Waals surface area contributed by atoms with Crippen molar-refractivity contribution in [3.63, 3.8) is 0 Å². The monoisotopic (exact) mass is 396 g/mol. The highest BCUT2D eigenvalue weighted by Crippen LogP contribution is 2.28. The largest absolute Gasteiger partial charge is 0.432 e. The van der Waals surface area contributed by atoms with Gasteiger partial charge in [-0.3, -0.25) is 14.8 Å². The molecule has 0 aliphatic carbocycles.